The maximum Gasteiger partial charge on any atom is 0.305 e. The fraction of sp³-hybridized carbons (Fsp3) is 0.263. The van der Waals surface area contributed by atoms with Crippen LogP contribution in [0.5, 0.6) is 0 Å². The van der Waals surface area contributed by atoms with E-state index >= 15 is 0 Å². The summed E-state index contributed by atoms with van der Waals surface area (Å²) in [5.41, 5.74) is 2.67. The SMILES string of the molecule is O=C(O)CC(Cl)(CC(=O)N1CCc2ccccc21)c1ccccc1. The molecule has 0 saturated carbocycles. The van der Waals surface area contributed by atoms with E-state index in [2.05, 4.69) is 0 Å². The lowest BCUT2D eigenvalue weighted by molar-refractivity contribution is -0.138. The summed E-state index contributed by atoms with van der Waals surface area (Å²) in [4.78, 5) is 24.6. The van der Waals surface area contributed by atoms with Crippen LogP contribution >= 0.6 is 11.6 Å². The molecule has 1 aliphatic rings. The van der Waals surface area contributed by atoms with E-state index in [4.69, 9.17) is 11.6 Å². The van der Waals surface area contributed by atoms with Crippen molar-refractivity contribution in [3.8, 4) is 0 Å². The quantitative estimate of drug-likeness (QED) is 0.844. The summed E-state index contributed by atoms with van der Waals surface area (Å²) in [5, 5.41) is 9.24. The minimum atomic E-state index is -1.25. The number of halogens is 1. The Balaban J connectivity index is 1.86. The maximum atomic E-state index is 12.8. The number of alkyl halides is 1. The lowest BCUT2D eigenvalue weighted by atomic mass is 9.91. The summed E-state index contributed by atoms with van der Waals surface area (Å²) in [5.74, 6) is -1.18. The zero-order chi connectivity index (χ0) is 17.2. The third kappa shape index (κ3) is 3.29. The van der Waals surface area contributed by atoms with Gasteiger partial charge in [0, 0.05) is 12.2 Å². The van der Waals surface area contributed by atoms with Crippen LogP contribution in [-0.2, 0) is 20.9 Å². The molecule has 0 fully saturated rings. The molecule has 3 rings (SSSR count). The summed E-state index contributed by atoms with van der Waals surface area (Å²) in [7, 11) is 0. The van der Waals surface area contributed by atoms with Crippen LogP contribution in [-0.4, -0.2) is 23.5 Å². The molecule has 0 aromatic heterocycles. The number of carboxylic acid groups (broad SMARTS) is 1. The first-order valence-electron chi connectivity index (χ1n) is 7.84. The Morgan fingerprint density at radius 2 is 1.71 bits per heavy atom. The lowest BCUT2D eigenvalue weighted by Gasteiger charge is -2.28. The van der Waals surface area contributed by atoms with E-state index in [-0.39, 0.29) is 18.7 Å². The van der Waals surface area contributed by atoms with E-state index in [1.165, 1.54) is 0 Å². The minimum absolute atomic E-state index is 0.0563. The standard InChI is InChI=1S/C19H18ClNO3/c20-19(13-18(23)24,15-7-2-1-3-8-15)12-17(22)21-11-10-14-6-4-5-9-16(14)21/h1-9H,10-13H2,(H,23,24). The van der Waals surface area contributed by atoms with Gasteiger partial charge in [0.25, 0.3) is 0 Å². The van der Waals surface area contributed by atoms with E-state index in [0.717, 1.165) is 17.7 Å². The largest absolute Gasteiger partial charge is 0.481 e. The Kier molecular flexibility index (Phi) is 4.58. The second kappa shape index (κ2) is 6.65. The fourth-order valence-corrected chi connectivity index (χ4v) is 3.53. The highest BCUT2D eigenvalue weighted by molar-refractivity contribution is 6.26. The van der Waals surface area contributed by atoms with Crippen molar-refractivity contribution in [1.29, 1.82) is 0 Å². The number of para-hydroxylation sites is 1. The molecule has 5 heteroatoms. The van der Waals surface area contributed by atoms with Crippen LogP contribution in [0.2, 0.25) is 0 Å². The number of anilines is 1. The van der Waals surface area contributed by atoms with Crippen LogP contribution in [0.15, 0.2) is 54.6 Å². The van der Waals surface area contributed by atoms with Crippen LogP contribution in [0.1, 0.15) is 24.0 Å². The Hall–Kier alpha value is -2.33. The van der Waals surface area contributed by atoms with E-state index in [9.17, 15) is 14.7 Å². The summed E-state index contributed by atoms with van der Waals surface area (Å²) in [6.07, 6.45) is 0.445. The molecule has 1 unspecified atom stereocenters. The van der Waals surface area contributed by atoms with Gasteiger partial charge in [-0.3, -0.25) is 9.59 Å². The van der Waals surface area contributed by atoms with E-state index in [0.29, 0.717) is 12.1 Å². The third-order valence-corrected chi connectivity index (χ3v) is 4.83. The number of carbonyl (C=O) groups excluding carboxylic acids is 1. The van der Waals surface area contributed by atoms with Gasteiger partial charge < -0.3 is 10.0 Å². The maximum absolute atomic E-state index is 12.8. The summed E-state index contributed by atoms with van der Waals surface area (Å²) in [6, 6.07) is 16.7. The number of aliphatic carboxylic acids is 1. The molecule has 1 N–H and O–H groups in total. The number of amides is 1. The van der Waals surface area contributed by atoms with Gasteiger partial charge in [-0.1, -0.05) is 48.5 Å². The van der Waals surface area contributed by atoms with Crippen molar-refractivity contribution in [1.82, 2.24) is 0 Å². The minimum Gasteiger partial charge on any atom is -0.481 e. The highest BCUT2D eigenvalue weighted by Gasteiger charge is 2.37. The molecular formula is C19H18ClNO3. The molecule has 1 amide bonds. The monoisotopic (exact) mass is 343 g/mol. The van der Waals surface area contributed by atoms with Gasteiger partial charge in [0.05, 0.1) is 17.7 Å². The normalized spacial score (nSPS) is 15.6. The summed E-state index contributed by atoms with van der Waals surface area (Å²) in [6.45, 7) is 0.604. The van der Waals surface area contributed by atoms with Gasteiger partial charge in [0.1, 0.15) is 0 Å². The van der Waals surface area contributed by atoms with Gasteiger partial charge in [-0.25, -0.2) is 0 Å². The van der Waals surface area contributed by atoms with E-state index in [1.54, 1.807) is 29.2 Å². The number of fused-ring (bicyclic) bond motifs is 1. The average Bonchev–Trinajstić information content (AvgIpc) is 2.99. The van der Waals surface area contributed by atoms with E-state index in [1.807, 2.05) is 30.3 Å². The van der Waals surface area contributed by atoms with Crippen LogP contribution in [0.3, 0.4) is 0 Å². The van der Waals surface area contributed by atoms with Crippen LogP contribution in [0.4, 0.5) is 5.69 Å². The smallest absolute Gasteiger partial charge is 0.305 e. The summed E-state index contributed by atoms with van der Waals surface area (Å²) < 4.78 is 0. The predicted octanol–water partition coefficient (Wildman–Crippen LogP) is 3.57. The number of carboxylic acids is 1. The Bertz CT molecular complexity index is 762. The number of benzene rings is 2. The molecule has 1 aliphatic heterocycles. The van der Waals surface area contributed by atoms with Crippen LogP contribution < -0.4 is 4.90 Å². The highest BCUT2D eigenvalue weighted by Crippen LogP contribution is 2.38. The van der Waals surface area contributed by atoms with Gasteiger partial charge in [0.2, 0.25) is 5.91 Å². The fourth-order valence-electron chi connectivity index (χ4n) is 3.18. The molecule has 0 aliphatic carbocycles. The van der Waals surface area contributed by atoms with Crippen molar-refractivity contribution in [3.63, 3.8) is 0 Å². The van der Waals surface area contributed by atoms with Gasteiger partial charge in [-0.05, 0) is 23.6 Å². The average molecular weight is 344 g/mol. The molecular weight excluding hydrogens is 326 g/mol. The topological polar surface area (TPSA) is 57.6 Å². The van der Waals surface area contributed by atoms with Crippen molar-refractivity contribution < 1.29 is 14.7 Å². The lowest BCUT2D eigenvalue weighted by Crippen LogP contribution is -2.35. The van der Waals surface area contributed by atoms with Gasteiger partial charge in [-0.15, -0.1) is 11.6 Å². The zero-order valence-electron chi connectivity index (χ0n) is 13.1. The molecule has 4 nitrogen and oxygen atoms in total. The van der Waals surface area contributed by atoms with Crippen LogP contribution in [0, 0.1) is 0 Å². The van der Waals surface area contributed by atoms with Gasteiger partial charge in [0.15, 0.2) is 0 Å². The molecule has 0 radical (unpaired) electrons. The van der Waals surface area contributed by atoms with E-state index < -0.39 is 10.8 Å². The zero-order valence-corrected chi connectivity index (χ0v) is 13.9. The Morgan fingerprint density at radius 1 is 1.04 bits per heavy atom. The van der Waals surface area contributed by atoms with Crippen molar-refractivity contribution in [2.24, 2.45) is 0 Å². The van der Waals surface area contributed by atoms with Gasteiger partial charge in [-0.2, -0.15) is 0 Å². The van der Waals surface area contributed by atoms with Crippen LogP contribution in [0.25, 0.3) is 0 Å². The second-order valence-corrected chi connectivity index (χ2v) is 6.73. The molecule has 124 valence electrons. The Labute approximate surface area is 145 Å². The first-order valence-corrected chi connectivity index (χ1v) is 8.22. The number of nitrogens with zero attached hydrogens (tertiary/aromatic N) is 1. The van der Waals surface area contributed by atoms with Crippen molar-refractivity contribution in [2.45, 2.75) is 24.1 Å². The van der Waals surface area contributed by atoms with Crippen molar-refractivity contribution in [3.05, 3.63) is 65.7 Å². The van der Waals surface area contributed by atoms with Crippen molar-refractivity contribution in [2.75, 3.05) is 11.4 Å². The second-order valence-electron chi connectivity index (χ2n) is 6.00. The first-order chi connectivity index (χ1) is 11.5. The third-order valence-electron chi connectivity index (χ3n) is 4.34. The molecule has 1 atom stereocenters. The molecule has 0 spiro atoms. The highest BCUT2D eigenvalue weighted by atomic mass is 35.5. The molecule has 0 bridgehead atoms. The Morgan fingerprint density at radius 3 is 2.42 bits per heavy atom. The molecule has 24 heavy (non-hydrogen) atoms. The number of hydrogen-bond acceptors (Lipinski definition) is 2. The predicted molar refractivity (Wildman–Crippen MR) is 93.3 cm³/mol. The summed E-state index contributed by atoms with van der Waals surface area (Å²) >= 11 is 6.63. The molecule has 1 heterocycles. The first kappa shape index (κ1) is 16.5. The number of rotatable bonds is 5. The number of hydrogen-bond donors (Lipinski definition) is 1. The molecule has 0 saturated heterocycles. The van der Waals surface area contributed by atoms with Gasteiger partial charge >= 0.3 is 5.97 Å². The molecule has 2 aromatic rings. The molecule has 2 aromatic carbocycles. The number of carbonyl (C=O) groups is 2. The van der Waals surface area contributed by atoms with Crippen molar-refractivity contribution >= 4 is 29.2 Å².